The molecule has 0 radical (unpaired) electrons. The van der Waals surface area contributed by atoms with Crippen LogP contribution in [0.1, 0.15) is 25.0 Å². The average Bonchev–Trinajstić information content (AvgIpc) is 3.17. The molecule has 3 rings (SSSR count). The van der Waals surface area contributed by atoms with Crippen molar-refractivity contribution in [1.29, 1.82) is 0 Å². The monoisotopic (exact) mass is 376 g/mol. The van der Waals surface area contributed by atoms with Crippen molar-refractivity contribution in [1.82, 2.24) is 4.72 Å². The second-order valence-electron chi connectivity index (χ2n) is 5.69. The normalized spacial score (nSPS) is 16.4. The lowest BCUT2D eigenvalue weighted by Gasteiger charge is -2.09. The first kappa shape index (κ1) is 17.5. The number of benzene rings is 1. The summed E-state index contributed by atoms with van der Waals surface area (Å²) >= 11 is 1.52. The van der Waals surface area contributed by atoms with Gasteiger partial charge in [0.2, 0.25) is 15.9 Å². The second kappa shape index (κ2) is 6.91. The molecular weight excluding hydrogens is 360 g/mol. The molecule has 1 aliphatic heterocycles. The van der Waals surface area contributed by atoms with Gasteiger partial charge in [-0.2, -0.15) is 11.3 Å². The molecule has 0 aliphatic carbocycles. The van der Waals surface area contributed by atoms with Gasteiger partial charge in [-0.05, 0) is 66.6 Å². The average molecular weight is 376 g/mol. The van der Waals surface area contributed by atoms with Crippen LogP contribution >= 0.6 is 11.3 Å². The molecule has 0 atom stereocenters. The molecule has 2 aromatic rings. The summed E-state index contributed by atoms with van der Waals surface area (Å²) in [6, 6.07) is 7.71. The summed E-state index contributed by atoms with van der Waals surface area (Å²) in [4.78, 5) is 16.3. The van der Waals surface area contributed by atoms with Crippen LogP contribution in [0.3, 0.4) is 0 Å². The van der Waals surface area contributed by atoms with E-state index in [1.165, 1.54) is 23.5 Å². The first-order valence-electron chi connectivity index (χ1n) is 7.53. The van der Waals surface area contributed by atoms with Gasteiger partial charge >= 0.3 is 5.97 Å². The molecule has 6 nitrogen and oxygen atoms in total. The van der Waals surface area contributed by atoms with Gasteiger partial charge < -0.3 is 4.74 Å². The van der Waals surface area contributed by atoms with Crippen LogP contribution in [0.15, 0.2) is 56.7 Å². The van der Waals surface area contributed by atoms with Gasteiger partial charge in [0.05, 0.1) is 4.90 Å². The highest BCUT2D eigenvalue weighted by Crippen LogP contribution is 2.21. The van der Waals surface area contributed by atoms with Crippen LogP contribution in [-0.2, 0) is 19.6 Å². The number of nitrogens with zero attached hydrogens (tertiary/aromatic N) is 1. The number of hydrogen-bond donors (Lipinski definition) is 1. The Morgan fingerprint density at radius 3 is 2.52 bits per heavy atom. The topological polar surface area (TPSA) is 84.8 Å². The van der Waals surface area contributed by atoms with Gasteiger partial charge in [0.1, 0.15) is 0 Å². The van der Waals surface area contributed by atoms with Crippen molar-refractivity contribution in [2.45, 2.75) is 24.8 Å². The Morgan fingerprint density at radius 2 is 1.92 bits per heavy atom. The van der Waals surface area contributed by atoms with Crippen LogP contribution in [0.25, 0.3) is 6.08 Å². The molecule has 1 N–H and O–H groups in total. The maximum atomic E-state index is 12.1. The molecule has 8 heteroatoms. The van der Waals surface area contributed by atoms with Gasteiger partial charge in [0.15, 0.2) is 5.70 Å². The summed E-state index contributed by atoms with van der Waals surface area (Å²) in [6.45, 7) is 3.50. The number of aliphatic imine (C=N–C) groups is 1. The van der Waals surface area contributed by atoms with Gasteiger partial charge in [0.25, 0.3) is 0 Å². The fourth-order valence-electron chi connectivity index (χ4n) is 2.20. The van der Waals surface area contributed by atoms with Gasteiger partial charge in [0, 0.05) is 11.6 Å². The zero-order valence-corrected chi connectivity index (χ0v) is 15.2. The number of hydrogen-bond acceptors (Lipinski definition) is 6. The summed E-state index contributed by atoms with van der Waals surface area (Å²) in [5.41, 5.74) is 1.63. The standard InChI is InChI=1S/C17H16N2O4S2/c1-11(2)19-25(21,22)14-5-3-13(4-6-14)16-18-15(17(20)23-16)9-12-7-8-24-10-12/h3-11,19H,1-2H3. The number of carbonyl (C=O) groups excluding carboxylic acids is 1. The molecule has 130 valence electrons. The molecule has 0 bridgehead atoms. The van der Waals surface area contributed by atoms with Gasteiger partial charge in [-0.15, -0.1) is 0 Å². The fraction of sp³-hybridized carbons (Fsp3) is 0.176. The smallest absolute Gasteiger partial charge is 0.363 e. The number of carbonyl (C=O) groups is 1. The predicted octanol–water partition coefficient (Wildman–Crippen LogP) is 2.78. The maximum absolute atomic E-state index is 12.1. The Labute approximate surface area is 149 Å². The molecule has 25 heavy (non-hydrogen) atoms. The summed E-state index contributed by atoms with van der Waals surface area (Å²) in [5, 5.41) is 3.80. The summed E-state index contributed by atoms with van der Waals surface area (Å²) in [5.74, 6) is -0.369. The zero-order valence-electron chi connectivity index (χ0n) is 13.6. The lowest BCUT2D eigenvalue weighted by molar-refractivity contribution is -0.129. The number of nitrogens with one attached hydrogen (secondary N) is 1. The maximum Gasteiger partial charge on any atom is 0.363 e. The van der Waals surface area contributed by atoms with Crippen LogP contribution < -0.4 is 4.72 Å². The van der Waals surface area contributed by atoms with Crippen molar-refractivity contribution in [2.24, 2.45) is 4.99 Å². The summed E-state index contributed by atoms with van der Waals surface area (Å²) < 4.78 is 31.9. The molecular formula is C17H16N2O4S2. The van der Waals surface area contributed by atoms with Gasteiger partial charge in [-0.1, -0.05) is 0 Å². The third-order valence-electron chi connectivity index (χ3n) is 3.27. The molecule has 2 heterocycles. The first-order valence-corrected chi connectivity index (χ1v) is 9.95. The van der Waals surface area contributed by atoms with E-state index in [0.717, 1.165) is 5.56 Å². The summed E-state index contributed by atoms with van der Waals surface area (Å²) in [7, 11) is -3.56. The Bertz CT molecular complexity index is 941. The van der Waals surface area contributed by atoms with E-state index in [9.17, 15) is 13.2 Å². The lowest BCUT2D eigenvalue weighted by Crippen LogP contribution is -2.30. The Morgan fingerprint density at radius 1 is 1.20 bits per heavy atom. The van der Waals surface area contributed by atoms with Gasteiger partial charge in [-0.3, -0.25) is 0 Å². The van der Waals surface area contributed by atoms with E-state index in [2.05, 4.69) is 9.71 Å². The minimum absolute atomic E-state index is 0.143. The zero-order chi connectivity index (χ0) is 18.0. The number of thiophene rings is 1. The van der Waals surface area contributed by atoms with Crippen molar-refractivity contribution in [3.63, 3.8) is 0 Å². The lowest BCUT2D eigenvalue weighted by atomic mass is 10.2. The van der Waals surface area contributed by atoms with E-state index in [1.54, 1.807) is 32.1 Å². The molecule has 0 amide bonds. The molecule has 0 saturated heterocycles. The molecule has 0 unspecified atom stereocenters. The second-order valence-corrected chi connectivity index (χ2v) is 8.19. The minimum Gasteiger partial charge on any atom is -0.402 e. The van der Waals surface area contributed by atoms with Gasteiger partial charge in [-0.25, -0.2) is 22.9 Å². The number of cyclic esters (lactones) is 1. The van der Waals surface area contributed by atoms with Crippen LogP contribution in [0.2, 0.25) is 0 Å². The van der Waals surface area contributed by atoms with Crippen LogP contribution in [0.5, 0.6) is 0 Å². The Kier molecular flexibility index (Phi) is 4.85. The number of sulfonamides is 1. The van der Waals surface area contributed by atoms with E-state index in [1.807, 2.05) is 16.8 Å². The molecule has 1 aromatic carbocycles. The van der Waals surface area contributed by atoms with E-state index in [-0.39, 0.29) is 22.5 Å². The van der Waals surface area contributed by atoms with Crippen molar-refractivity contribution in [3.05, 3.63) is 57.9 Å². The Balaban J connectivity index is 1.85. The van der Waals surface area contributed by atoms with E-state index in [0.29, 0.717) is 5.56 Å². The van der Waals surface area contributed by atoms with Crippen LogP contribution in [-0.4, -0.2) is 26.3 Å². The number of ether oxygens (including phenoxy) is 1. The highest BCUT2D eigenvalue weighted by Gasteiger charge is 2.24. The van der Waals surface area contributed by atoms with Crippen LogP contribution in [0.4, 0.5) is 0 Å². The predicted molar refractivity (Wildman–Crippen MR) is 96.8 cm³/mol. The largest absolute Gasteiger partial charge is 0.402 e. The third kappa shape index (κ3) is 4.04. The Hall–Kier alpha value is -2.29. The molecule has 1 aliphatic rings. The molecule has 0 saturated carbocycles. The van der Waals surface area contributed by atoms with Crippen molar-refractivity contribution < 1.29 is 17.9 Å². The molecule has 0 spiro atoms. The van der Waals surface area contributed by atoms with E-state index >= 15 is 0 Å². The molecule has 0 fully saturated rings. The quantitative estimate of drug-likeness (QED) is 0.642. The minimum atomic E-state index is -3.56. The highest BCUT2D eigenvalue weighted by molar-refractivity contribution is 7.89. The van der Waals surface area contributed by atoms with E-state index in [4.69, 9.17) is 4.74 Å². The van der Waals surface area contributed by atoms with Crippen LogP contribution in [0, 0.1) is 0 Å². The van der Waals surface area contributed by atoms with Crippen molar-refractivity contribution in [2.75, 3.05) is 0 Å². The number of rotatable bonds is 5. The van der Waals surface area contributed by atoms with E-state index < -0.39 is 16.0 Å². The SMILES string of the molecule is CC(C)NS(=O)(=O)c1ccc(C2=NC(=Cc3ccsc3)C(=O)O2)cc1. The first-order chi connectivity index (χ1) is 11.8. The highest BCUT2D eigenvalue weighted by atomic mass is 32.2. The fourth-order valence-corrected chi connectivity index (χ4v) is 4.07. The third-order valence-corrected chi connectivity index (χ3v) is 5.65. The number of esters is 1. The van der Waals surface area contributed by atoms with Crippen molar-refractivity contribution in [3.8, 4) is 0 Å². The molecule has 1 aromatic heterocycles. The summed E-state index contributed by atoms with van der Waals surface area (Å²) in [6.07, 6.45) is 1.65. The van der Waals surface area contributed by atoms with Crippen molar-refractivity contribution >= 4 is 39.3 Å².